The van der Waals surface area contributed by atoms with Gasteiger partial charge in [-0.05, 0) is 81.3 Å². The van der Waals surface area contributed by atoms with Gasteiger partial charge < -0.3 is 15.5 Å². The largest absolute Gasteiger partial charge is 0.375 e. The van der Waals surface area contributed by atoms with Gasteiger partial charge in [0.05, 0.1) is 12.1 Å². The van der Waals surface area contributed by atoms with Gasteiger partial charge >= 0.3 is 6.03 Å². The van der Waals surface area contributed by atoms with Crippen molar-refractivity contribution in [2.45, 2.75) is 56.9 Å². The van der Waals surface area contributed by atoms with E-state index in [1.165, 1.54) is 19.3 Å². The second-order valence-corrected chi connectivity index (χ2v) is 10.1. The van der Waals surface area contributed by atoms with E-state index in [1.54, 1.807) is 12.1 Å². The molecule has 5 fully saturated rings. The Morgan fingerprint density at radius 1 is 0.935 bits per heavy atom. The second-order valence-electron chi connectivity index (χ2n) is 10.1. The van der Waals surface area contributed by atoms with E-state index in [4.69, 9.17) is 0 Å². The Hall–Kier alpha value is -2.57. The highest BCUT2D eigenvalue weighted by Crippen LogP contribution is 2.55. The topological polar surface area (TPSA) is 90.5 Å². The van der Waals surface area contributed by atoms with Gasteiger partial charge in [0.1, 0.15) is 0 Å². The molecule has 6 rings (SSSR count). The smallest absolute Gasteiger partial charge is 0.321 e. The van der Waals surface area contributed by atoms with E-state index < -0.39 is 11.9 Å². The molecule has 0 spiro atoms. The minimum absolute atomic E-state index is 0.0134. The number of carbonyl (C=O) groups excluding carboxylic acids is 3. The first-order valence-corrected chi connectivity index (χ1v) is 11.7. The van der Waals surface area contributed by atoms with Crippen LogP contribution >= 0.6 is 0 Å². The number of rotatable bonds is 5. The molecular formula is C24H32N4O3. The van der Waals surface area contributed by atoms with Crippen LogP contribution in [-0.4, -0.2) is 47.9 Å². The number of amides is 4. The lowest BCUT2D eigenvalue weighted by Gasteiger charge is -2.56. The number of anilines is 1. The molecule has 4 bridgehead atoms. The molecule has 3 N–H and O–H groups in total. The van der Waals surface area contributed by atoms with E-state index in [1.807, 2.05) is 17.0 Å². The molecule has 7 nitrogen and oxygen atoms in total. The third kappa shape index (κ3) is 4.27. The third-order valence-corrected chi connectivity index (χ3v) is 7.66. The molecule has 4 saturated carbocycles. The van der Waals surface area contributed by atoms with Crippen molar-refractivity contribution in [2.24, 2.45) is 17.8 Å². The van der Waals surface area contributed by atoms with Gasteiger partial charge in [-0.3, -0.25) is 14.9 Å². The summed E-state index contributed by atoms with van der Waals surface area (Å²) in [4.78, 5) is 39.6. The van der Waals surface area contributed by atoms with E-state index in [-0.39, 0.29) is 18.0 Å². The van der Waals surface area contributed by atoms with Gasteiger partial charge in [-0.2, -0.15) is 0 Å². The lowest BCUT2D eigenvalue weighted by Crippen LogP contribution is -2.62. The fourth-order valence-electron chi connectivity index (χ4n) is 6.80. The fourth-order valence-corrected chi connectivity index (χ4v) is 6.80. The number of likely N-dealkylation sites (tertiary alicyclic amines) is 1. The molecule has 1 aliphatic heterocycles. The molecule has 0 atom stereocenters. The van der Waals surface area contributed by atoms with E-state index >= 15 is 0 Å². The summed E-state index contributed by atoms with van der Waals surface area (Å²) in [6.07, 6.45) is 9.12. The van der Waals surface area contributed by atoms with Crippen molar-refractivity contribution in [3.8, 4) is 0 Å². The molecule has 4 aliphatic carbocycles. The van der Waals surface area contributed by atoms with Crippen LogP contribution in [0.2, 0.25) is 0 Å². The van der Waals surface area contributed by atoms with Gasteiger partial charge in [-0.1, -0.05) is 12.1 Å². The van der Waals surface area contributed by atoms with E-state index in [0.717, 1.165) is 62.9 Å². The molecule has 166 valence electrons. The first-order valence-electron chi connectivity index (χ1n) is 11.7. The minimum Gasteiger partial charge on any atom is -0.375 e. The highest BCUT2D eigenvalue weighted by atomic mass is 16.2. The van der Waals surface area contributed by atoms with Crippen LogP contribution in [-0.2, 0) is 4.79 Å². The summed E-state index contributed by atoms with van der Waals surface area (Å²) in [6, 6.07) is 6.84. The van der Waals surface area contributed by atoms with Crippen molar-refractivity contribution >= 4 is 23.5 Å². The molecular weight excluding hydrogens is 392 g/mol. The standard InChI is InChI=1S/C24H32N4O3/c29-21(15-25-20-6-2-1-5-19(20)22(30)28-7-3-4-8-28)26-23(31)27-24-12-16-9-17(13-24)11-18(10-16)14-24/h1-2,5-6,16-18,25H,3-4,7-15H2,(H2,26,27,29,31). The third-order valence-electron chi connectivity index (χ3n) is 7.66. The number of para-hydroxylation sites is 1. The molecule has 0 unspecified atom stereocenters. The molecule has 1 aromatic rings. The number of hydrogen-bond acceptors (Lipinski definition) is 4. The Labute approximate surface area is 183 Å². The molecule has 1 aromatic carbocycles. The zero-order valence-electron chi connectivity index (χ0n) is 18.0. The van der Waals surface area contributed by atoms with Gasteiger partial charge in [0.15, 0.2) is 0 Å². The monoisotopic (exact) mass is 424 g/mol. The molecule has 0 radical (unpaired) electrons. The summed E-state index contributed by atoms with van der Waals surface area (Å²) in [5, 5.41) is 8.69. The second kappa shape index (κ2) is 8.17. The zero-order chi connectivity index (χ0) is 21.4. The molecule has 0 aromatic heterocycles. The van der Waals surface area contributed by atoms with Crippen molar-refractivity contribution in [3.05, 3.63) is 29.8 Å². The Morgan fingerprint density at radius 3 is 2.19 bits per heavy atom. The van der Waals surface area contributed by atoms with E-state index in [9.17, 15) is 14.4 Å². The van der Waals surface area contributed by atoms with Crippen molar-refractivity contribution in [1.82, 2.24) is 15.5 Å². The highest BCUT2D eigenvalue weighted by Gasteiger charge is 2.51. The summed E-state index contributed by atoms with van der Waals surface area (Å²) in [7, 11) is 0. The average Bonchev–Trinajstić information content (AvgIpc) is 3.25. The van der Waals surface area contributed by atoms with Gasteiger partial charge in [0.25, 0.3) is 5.91 Å². The van der Waals surface area contributed by atoms with Crippen LogP contribution in [0.5, 0.6) is 0 Å². The Balaban J connectivity index is 1.15. The zero-order valence-corrected chi connectivity index (χ0v) is 18.0. The molecule has 7 heteroatoms. The molecule has 1 heterocycles. The van der Waals surface area contributed by atoms with Crippen LogP contribution in [0.25, 0.3) is 0 Å². The quantitative estimate of drug-likeness (QED) is 0.677. The Bertz CT molecular complexity index is 842. The number of hydrogen-bond donors (Lipinski definition) is 3. The first kappa shape index (κ1) is 20.3. The van der Waals surface area contributed by atoms with E-state index in [0.29, 0.717) is 11.3 Å². The maximum Gasteiger partial charge on any atom is 0.321 e. The van der Waals surface area contributed by atoms with Crippen LogP contribution in [0.1, 0.15) is 61.7 Å². The molecule has 5 aliphatic rings. The van der Waals surface area contributed by atoms with Crippen LogP contribution in [0.15, 0.2) is 24.3 Å². The first-order chi connectivity index (χ1) is 15.0. The van der Waals surface area contributed by atoms with Gasteiger partial charge in [-0.15, -0.1) is 0 Å². The van der Waals surface area contributed by atoms with Crippen LogP contribution in [0, 0.1) is 17.8 Å². The normalized spacial score (nSPS) is 30.8. The number of carbonyl (C=O) groups is 3. The summed E-state index contributed by atoms with van der Waals surface area (Å²) < 4.78 is 0. The number of benzene rings is 1. The molecule has 31 heavy (non-hydrogen) atoms. The molecule has 1 saturated heterocycles. The van der Waals surface area contributed by atoms with Crippen LogP contribution in [0.3, 0.4) is 0 Å². The number of urea groups is 1. The van der Waals surface area contributed by atoms with Crippen molar-refractivity contribution in [3.63, 3.8) is 0 Å². The summed E-state index contributed by atoms with van der Waals surface area (Å²) >= 11 is 0. The SMILES string of the molecule is O=C(CNc1ccccc1C(=O)N1CCCC1)NC(=O)NC12CC3CC(CC(C3)C1)C2. The predicted molar refractivity (Wildman–Crippen MR) is 118 cm³/mol. The van der Waals surface area contributed by atoms with Crippen LogP contribution in [0.4, 0.5) is 10.5 Å². The lowest BCUT2D eigenvalue weighted by atomic mass is 9.53. The summed E-state index contributed by atoms with van der Waals surface area (Å²) in [5.74, 6) is 1.78. The lowest BCUT2D eigenvalue weighted by molar-refractivity contribution is -0.118. The van der Waals surface area contributed by atoms with Crippen LogP contribution < -0.4 is 16.0 Å². The minimum atomic E-state index is -0.398. The van der Waals surface area contributed by atoms with Crippen molar-refractivity contribution in [1.29, 1.82) is 0 Å². The van der Waals surface area contributed by atoms with Gasteiger partial charge in [0, 0.05) is 24.3 Å². The Kier molecular flexibility index (Phi) is 5.36. The van der Waals surface area contributed by atoms with E-state index in [2.05, 4.69) is 16.0 Å². The summed E-state index contributed by atoms with van der Waals surface area (Å²) in [6.45, 7) is 1.49. The highest BCUT2D eigenvalue weighted by molar-refractivity contribution is 6.01. The van der Waals surface area contributed by atoms with Crippen molar-refractivity contribution < 1.29 is 14.4 Å². The maximum absolute atomic E-state index is 12.8. The Morgan fingerprint density at radius 2 is 1.55 bits per heavy atom. The number of nitrogens with zero attached hydrogens (tertiary/aromatic N) is 1. The van der Waals surface area contributed by atoms with Crippen molar-refractivity contribution in [2.75, 3.05) is 25.0 Å². The predicted octanol–water partition coefficient (Wildman–Crippen LogP) is 3.13. The fraction of sp³-hybridized carbons (Fsp3) is 0.625. The molecule has 4 amide bonds. The summed E-state index contributed by atoms with van der Waals surface area (Å²) in [5.41, 5.74) is 1.06. The average molecular weight is 425 g/mol. The van der Waals surface area contributed by atoms with Gasteiger partial charge in [0.2, 0.25) is 5.91 Å². The van der Waals surface area contributed by atoms with Gasteiger partial charge in [-0.25, -0.2) is 4.79 Å². The number of nitrogens with one attached hydrogen (secondary N) is 3. The number of imide groups is 1. The maximum atomic E-state index is 12.8.